The van der Waals surface area contributed by atoms with Gasteiger partial charge in [0.1, 0.15) is 17.5 Å². The lowest BCUT2D eigenvalue weighted by Gasteiger charge is -2.08. The summed E-state index contributed by atoms with van der Waals surface area (Å²) in [5.41, 5.74) is 5.62. The summed E-state index contributed by atoms with van der Waals surface area (Å²) in [6.45, 7) is 4.33. The van der Waals surface area contributed by atoms with Crippen LogP contribution >= 0.6 is 0 Å². The monoisotopic (exact) mass is 273 g/mol. The molecule has 0 saturated heterocycles. The summed E-state index contributed by atoms with van der Waals surface area (Å²) in [6, 6.07) is 1.58. The van der Waals surface area contributed by atoms with Gasteiger partial charge in [0, 0.05) is 25.6 Å². The summed E-state index contributed by atoms with van der Waals surface area (Å²) in [4.78, 5) is 8.23. The normalized spacial score (nSPS) is 11.4. The molecule has 7 nitrogen and oxygen atoms in total. The summed E-state index contributed by atoms with van der Waals surface area (Å²) in [7, 11) is -3.21. The molecule has 8 heteroatoms. The molecule has 0 aliphatic heterocycles. The Morgan fingerprint density at radius 2 is 2.06 bits per heavy atom. The molecule has 0 radical (unpaired) electrons. The predicted molar refractivity (Wildman–Crippen MR) is 71.8 cm³/mol. The number of hydrogen-bond donors (Lipinski definition) is 3. The van der Waals surface area contributed by atoms with Crippen LogP contribution in [0.3, 0.4) is 0 Å². The third kappa shape index (κ3) is 4.84. The number of nitrogens with zero attached hydrogens (tertiary/aromatic N) is 2. The van der Waals surface area contributed by atoms with E-state index in [1.165, 1.54) is 0 Å². The molecule has 0 aliphatic carbocycles. The van der Waals surface area contributed by atoms with Crippen LogP contribution in [0.2, 0.25) is 0 Å². The van der Waals surface area contributed by atoms with Gasteiger partial charge in [-0.3, -0.25) is 0 Å². The molecule has 0 bridgehead atoms. The van der Waals surface area contributed by atoms with E-state index >= 15 is 0 Å². The van der Waals surface area contributed by atoms with Crippen LogP contribution in [-0.4, -0.2) is 37.2 Å². The maximum atomic E-state index is 11.4. The quantitative estimate of drug-likeness (QED) is 0.643. The summed E-state index contributed by atoms with van der Waals surface area (Å²) >= 11 is 0. The molecule has 0 amide bonds. The van der Waals surface area contributed by atoms with E-state index < -0.39 is 10.0 Å². The van der Waals surface area contributed by atoms with Crippen LogP contribution < -0.4 is 15.8 Å². The smallest absolute Gasteiger partial charge is 0.213 e. The number of nitrogens with one attached hydrogen (secondary N) is 2. The Morgan fingerprint density at radius 3 is 2.67 bits per heavy atom. The number of nitrogens with two attached hydrogens (primary N) is 1. The first-order valence-corrected chi connectivity index (χ1v) is 7.46. The highest BCUT2D eigenvalue weighted by Crippen LogP contribution is 2.08. The number of hydrogen-bond acceptors (Lipinski definition) is 6. The largest absolute Gasteiger partial charge is 0.384 e. The van der Waals surface area contributed by atoms with Crippen molar-refractivity contribution in [2.45, 2.75) is 20.3 Å². The Bertz CT molecular complexity index is 489. The number of aromatic nitrogens is 2. The standard InChI is InChI=1S/C10H19N5O2S/c1-3-9-14-8(11)7-10(15-9)12-5-6-18(16,17)13-4-2/h7,13H,3-6H2,1-2H3,(H3,11,12,14,15). The van der Waals surface area contributed by atoms with Crippen molar-refractivity contribution >= 4 is 21.7 Å². The zero-order valence-corrected chi connectivity index (χ0v) is 11.4. The minimum absolute atomic E-state index is 0.00773. The van der Waals surface area contributed by atoms with Gasteiger partial charge in [-0.2, -0.15) is 0 Å². The van der Waals surface area contributed by atoms with Gasteiger partial charge in [-0.15, -0.1) is 0 Å². The average molecular weight is 273 g/mol. The van der Waals surface area contributed by atoms with Gasteiger partial charge in [0.2, 0.25) is 10.0 Å². The Kier molecular flexibility index (Phi) is 5.29. The van der Waals surface area contributed by atoms with Crippen LogP contribution in [0.25, 0.3) is 0 Å². The molecule has 0 fully saturated rings. The minimum Gasteiger partial charge on any atom is -0.384 e. The summed E-state index contributed by atoms with van der Waals surface area (Å²) < 4.78 is 25.2. The summed E-state index contributed by atoms with van der Waals surface area (Å²) in [5, 5.41) is 2.92. The van der Waals surface area contributed by atoms with Crippen LogP contribution in [0.5, 0.6) is 0 Å². The number of anilines is 2. The van der Waals surface area contributed by atoms with Crippen molar-refractivity contribution in [2.75, 3.05) is 29.9 Å². The summed E-state index contributed by atoms with van der Waals surface area (Å²) in [5.74, 6) is 1.55. The molecule has 0 spiro atoms. The van der Waals surface area contributed by atoms with Crippen molar-refractivity contribution in [2.24, 2.45) is 0 Å². The molecule has 102 valence electrons. The summed E-state index contributed by atoms with van der Waals surface area (Å²) in [6.07, 6.45) is 0.676. The lowest BCUT2D eigenvalue weighted by Crippen LogP contribution is -2.29. The van der Waals surface area contributed by atoms with Crippen molar-refractivity contribution in [1.82, 2.24) is 14.7 Å². The van der Waals surface area contributed by atoms with E-state index in [1.54, 1.807) is 13.0 Å². The molecule has 1 aromatic rings. The molecule has 1 heterocycles. The SMILES string of the molecule is CCNS(=O)(=O)CCNc1cc(N)nc(CC)n1. The molecular weight excluding hydrogens is 254 g/mol. The Labute approximate surface area is 107 Å². The fraction of sp³-hybridized carbons (Fsp3) is 0.600. The van der Waals surface area contributed by atoms with E-state index in [4.69, 9.17) is 5.73 Å². The maximum absolute atomic E-state index is 11.4. The third-order valence-corrected chi connectivity index (χ3v) is 3.62. The zero-order valence-electron chi connectivity index (χ0n) is 10.6. The number of rotatable bonds is 7. The lowest BCUT2D eigenvalue weighted by atomic mass is 10.4. The van der Waals surface area contributed by atoms with Crippen molar-refractivity contribution in [1.29, 1.82) is 0 Å². The van der Waals surface area contributed by atoms with Gasteiger partial charge in [0.15, 0.2) is 0 Å². The van der Waals surface area contributed by atoms with Crippen LogP contribution in [0.4, 0.5) is 11.6 Å². The number of sulfonamides is 1. The first-order chi connectivity index (χ1) is 8.46. The van der Waals surface area contributed by atoms with E-state index in [0.717, 1.165) is 0 Å². The van der Waals surface area contributed by atoms with Gasteiger partial charge in [0.25, 0.3) is 0 Å². The highest BCUT2D eigenvalue weighted by Gasteiger charge is 2.08. The number of nitrogen functional groups attached to an aromatic ring is 1. The van der Waals surface area contributed by atoms with Crippen LogP contribution in [-0.2, 0) is 16.4 Å². The Balaban J connectivity index is 2.56. The van der Waals surface area contributed by atoms with Crippen LogP contribution in [0.1, 0.15) is 19.7 Å². The molecule has 18 heavy (non-hydrogen) atoms. The molecule has 0 atom stereocenters. The van der Waals surface area contributed by atoms with E-state index in [-0.39, 0.29) is 12.3 Å². The molecule has 1 rings (SSSR count). The fourth-order valence-corrected chi connectivity index (χ4v) is 2.33. The van der Waals surface area contributed by atoms with Gasteiger partial charge in [-0.1, -0.05) is 13.8 Å². The van der Waals surface area contributed by atoms with E-state index in [2.05, 4.69) is 20.0 Å². The van der Waals surface area contributed by atoms with Crippen LogP contribution in [0, 0.1) is 0 Å². The molecular formula is C10H19N5O2S. The Hall–Kier alpha value is -1.41. The first kappa shape index (κ1) is 14.7. The van der Waals surface area contributed by atoms with E-state index in [1.807, 2.05) is 6.92 Å². The third-order valence-electron chi connectivity index (χ3n) is 2.15. The van der Waals surface area contributed by atoms with E-state index in [9.17, 15) is 8.42 Å². The minimum atomic E-state index is -3.21. The molecule has 0 unspecified atom stereocenters. The van der Waals surface area contributed by atoms with Gasteiger partial charge in [-0.05, 0) is 0 Å². The molecule has 4 N–H and O–H groups in total. The molecule has 0 saturated carbocycles. The second-order valence-corrected chi connectivity index (χ2v) is 5.62. The van der Waals surface area contributed by atoms with Gasteiger partial charge >= 0.3 is 0 Å². The van der Waals surface area contributed by atoms with Crippen molar-refractivity contribution < 1.29 is 8.42 Å². The first-order valence-electron chi connectivity index (χ1n) is 5.81. The van der Waals surface area contributed by atoms with Crippen molar-refractivity contribution in [3.63, 3.8) is 0 Å². The maximum Gasteiger partial charge on any atom is 0.213 e. The van der Waals surface area contributed by atoms with Crippen molar-refractivity contribution in [3.05, 3.63) is 11.9 Å². The van der Waals surface area contributed by atoms with Crippen molar-refractivity contribution in [3.8, 4) is 0 Å². The van der Waals surface area contributed by atoms with Gasteiger partial charge in [0.05, 0.1) is 5.75 Å². The van der Waals surface area contributed by atoms with Crippen LogP contribution in [0.15, 0.2) is 6.07 Å². The van der Waals surface area contributed by atoms with Gasteiger partial charge < -0.3 is 11.1 Å². The highest BCUT2D eigenvalue weighted by atomic mass is 32.2. The van der Waals surface area contributed by atoms with Gasteiger partial charge in [-0.25, -0.2) is 23.1 Å². The molecule has 0 aliphatic rings. The predicted octanol–water partition coefficient (Wildman–Crippen LogP) is -0.0276. The molecule has 0 aromatic carbocycles. The zero-order chi connectivity index (χ0) is 13.6. The second kappa shape index (κ2) is 6.50. The molecule has 1 aromatic heterocycles. The lowest BCUT2D eigenvalue weighted by molar-refractivity contribution is 0.584. The fourth-order valence-electron chi connectivity index (χ4n) is 1.37. The van der Waals surface area contributed by atoms with E-state index in [0.29, 0.717) is 30.4 Å². The topological polar surface area (TPSA) is 110 Å². The average Bonchev–Trinajstić information content (AvgIpc) is 2.27. The Morgan fingerprint density at radius 1 is 1.33 bits per heavy atom. The highest BCUT2D eigenvalue weighted by molar-refractivity contribution is 7.89. The number of aryl methyl sites for hydroxylation is 1. The second-order valence-electron chi connectivity index (χ2n) is 3.69.